The first-order valence-corrected chi connectivity index (χ1v) is 12.1. The Morgan fingerprint density at radius 3 is 2.41 bits per heavy atom. The molecule has 37 heavy (non-hydrogen) atoms. The van der Waals surface area contributed by atoms with Gasteiger partial charge in [0.2, 0.25) is 0 Å². The maximum absolute atomic E-state index is 12.8. The van der Waals surface area contributed by atoms with E-state index < -0.39 is 5.92 Å². The zero-order valence-electron chi connectivity index (χ0n) is 22.1. The summed E-state index contributed by atoms with van der Waals surface area (Å²) in [5, 5.41) is 0. The first-order chi connectivity index (χ1) is 17.6. The second kappa shape index (κ2) is 11.8. The number of methoxy groups -OCH3 is 2. The lowest BCUT2D eigenvalue weighted by molar-refractivity contribution is -0.126. The number of rotatable bonds is 11. The molecule has 0 radical (unpaired) electrons. The minimum absolute atomic E-state index is 0.0633. The molecule has 6 nitrogen and oxygen atoms in total. The van der Waals surface area contributed by atoms with Crippen molar-refractivity contribution in [1.82, 2.24) is 0 Å². The van der Waals surface area contributed by atoms with Crippen LogP contribution in [-0.2, 0) is 23.8 Å². The van der Waals surface area contributed by atoms with Crippen molar-refractivity contribution in [3.63, 3.8) is 0 Å². The molecule has 1 aromatic rings. The summed E-state index contributed by atoms with van der Waals surface area (Å²) in [6, 6.07) is 6.97. The molecule has 0 aromatic heterocycles. The van der Waals surface area contributed by atoms with Crippen LogP contribution in [0.1, 0.15) is 45.6 Å². The van der Waals surface area contributed by atoms with Gasteiger partial charge in [-0.25, -0.2) is 0 Å². The van der Waals surface area contributed by atoms with Gasteiger partial charge >= 0.3 is 0 Å². The summed E-state index contributed by atoms with van der Waals surface area (Å²) < 4.78 is 22.5. The van der Waals surface area contributed by atoms with Gasteiger partial charge in [0.15, 0.2) is 23.1 Å². The van der Waals surface area contributed by atoms with Crippen LogP contribution in [0.3, 0.4) is 0 Å². The van der Waals surface area contributed by atoms with E-state index in [1.165, 1.54) is 0 Å². The fraction of sp³-hybridized carbons (Fsp3) is 0.355. The van der Waals surface area contributed by atoms with E-state index in [1.807, 2.05) is 12.2 Å². The van der Waals surface area contributed by atoms with Gasteiger partial charge in [-0.05, 0) is 42.0 Å². The molecule has 6 heteroatoms. The molecule has 0 saturated carbocycles. The van der Waals surface area contributed by atoms with E-state index in [4.69, 9.17) is 25.4 Å². The molecular formula is C31H34O6. The van der Waals surface area contributed by atoms with Crippen molar-refractivity contribution in [3.8, 4) is 18.1 Å². The highest BCUT2D eigenvalue weighted by Crippen LogP contribution is 2.32. The van der Waals surface area contributed by atoms with Gasteiger partial charge in [0.25, 0.3) is 0 Å². The molecular weight excluding hydrogens is 468 g/mol. The smallest absolute Gasteiger partial charge is 0.170 e. The van der Waals surface area contributed by atoms with Crippen LogP contribution in [0.25, 0.3) is 5.57 Å². The summed E-state index contributed by atoms with van der Waals surface area (Å²) in [5.41, 5.74) is 1.73. The van der Waals surface area contributed by atoms with Gasteiger partial charge in [0, 0.05) is 23.3 Å². The number of carbonyl (C=O) groups is 2. The summed E-state index contributed by atoms with van der Waals surface area (Å²) >= 11 is 0. The van der Waals surface area contributed by atoms with E-state index >= 15 is 0 Å². The third-order valence-electron chi connectivity index (χ3n) is 6.18. The molecule has 0 bridgehead atoms. The predicted molar refractivity (Wildman–Crippen MR) is 143 cm³/mol. The van der Waals surface area contributed by atoms with E-state index in [2.05, 4.69) is 33.3 Å². The lowest BCUT2D eigenvalue weighted by atomic mass is 9.84. The van der Waals surface area contributed by atoms with Gasteiger partial charge < -0.3 is 18.9 Å². The molecule has 0 amide bonds. The molecule has 0 fully saturated rings. The standard InChI is InChI=1S/C31H34O6/c1-8-21(13-15-31(3,4)5)26(33)18-25(32)20(2)22-9-11-23(12-10-22)37-27-14-16-36-28-19-30(35-7)29(34-6)17-24(27)28/h1,9-12,14,16-17,19,21,28H,2,13,15,18H2,3-7H3. The van der Waals surface area contributed by atoms with Gasteiger partial charge in [-0.2, -0.15) is 0 Å². The quantitative estimate of drug-likeness (QED) is 0.212. The highest BCUT2D eigenvalue weighted by molar-refractivity contribution is 6.25. The number of carbonyl (C=O) groups excluding carboxylic acids is 2. The maximum atomic E-state index is 12.8. The summed E-state index contributed by atoms with van der Waals surface area (Å²) in [7, 11) is 3.14. The summed E-state index contributed by atoms with van der Waals surface area (Å²) in [4.78, 5) is 25.4. The summed E-state index contributed by atoms with van der Waals surface area (Å²) in [5.74, 6) is 3.71. The highest BCUT2D eigenvalue weighted by Gasteiger charge is 2.28. The Bertz CT molecular complexity index is 1210. The van der Waals surface area contributed by atoms with Crippen LogP contribution in [0.2, 0.25) is 0 Å². The number of terminal acetylenes is 1. The lowest BCUT2D eigenvalue weighted by Crippen LogP contribution is -2.21. The number of allylic oxidation sites excluding steroid dienone is 2. The van der Waals surface area contributed by atoms with Gasteiger partial charge in [0.1, 0.15) is 17.6 Å². The Morgan fingerprint density at radius 1 is 1.14 bits per heavy atom. The topological polar surface area (TPSA) is 71.1 Å². The first kappa shape index (κ1) is 27.6. The van der Waals surface area contributed by atoms with Gasteiger partial charge in [-0.15, -0.1) is 6.42 Å². The number of Topliss-reactive ketones (excluding diaryl/α,β-unsaturated/α-hetero) is 2. The Hall–Kier alpha value is -3.98. The van der Waals surface area contributed by atoms with Crippen LogP contribution < -0.4 is 4.74 Å². The van der Waals surface area contributed by atoms with Crippen molar-refractivity contribution in [2.75, 3.05) is 14.2 Å². The molecule has 2 atom stereocenters. The summed E-state index contributed by atoms with van der Waals surface area (Å²) in [6.07, 6.45) is 13.2. The van der Waals surface area contributed by atoms with Gasteiger partial charge in [0.05, 0.1) is 32.8 Å². The number of ether oxygens (including phenoxy) is 4. The molecule has 1 aliphatic heterocycles. The molecule has 2 aliphatic rings. The van der Waals surface area contributed by atoms with Crippen molar-refractivity contribution < 1.29 is 28.5 Å². The van der Waals surface area contributed by atoms with E-state index in [0.717, 1.165) is 12.0 Å². The van der Waals surface area contributed by atoms with Crippen LogP contribution in [-0.4, -0.2) is 31.9 Å². The van der Waals surface area contributed by atoms with E-state index in [0.29, 0.717) is 35.0 Å². The Kier molecular flexibility index (Phi) is 8.83. The van der Waals surface area contributed by atoms with Crippen molar-refractivity contribution in [2.45, 2.75) is 46.1 Å². The number of fused-ring (bicyclic) bond motifs is 1. The minimum Gasteiger partial charge on any atom is -0.493 e. The molecule has 1 aromatic carbocycles. The number of hydrogen-bond donors (Lipinski definition) is 0. The molecule has 1 heterocycles. The van der Waals surface area contributed by atoms with Crippen LogP contribution in [0.5, 0.6) is 5.75 Å². The normalized spacial score (nSPS) is 17.4. The average Bonchev–Trinajstić information content (AvgIpc) is 2.87. The van der Waals surface area contributed by atoms with Crippen LogP contribution in [0.15, 0.2) is 78.2 Å². The molecule has 0 saturated heterocycles. The first-order valence-electron chi connectivity index (χ1n) is 12.1. The third-order valence-corrected chi connectivity index (χ3v) is 6.18. The second-order valence-electron chi connectivity index (χ2n) is 10.1. The number of benzene rings is 1. The number of ketones is 2. The van der Waals surface area contributed by atoms with E-state index in [1.54, 1.807) is 50.8 Å². The van der Waals surface area contributed by atoms with Crippen molar-refractivity contribution in [2.24, 2.45) is 11.3 Å². The summed E-state index contributed by atoms with van der Waals surface area (Å²) in [6.45, 7) is 10.2. The zero-order valence-corrected chi connectivity index (χ0v) is 22.1. The minimum atomic E-state index is -0.570. The molecule has 0 spiro atoms. The van der Waals surface area contributed by atoms with Crippen molar-refractivity contribution in [3.05, 3.63) is 83.7 Å². The Morgan fingerprint density at radius 2 is 1.81 bits per heavy atom. The SMILES string of the molecule is C#CC(CCC(C)(C)C)C(=O)CC(=O)C(=C)c1ccc(OC2=C3C=C(OC)C(OC)=CC3OC=C2)cc1. The third kappa shape index (κ3) is 7.04. The molecule has 1 aliphatic carbocycles. The van der Waals surface area contributed by atoms with E-state index in [9.17, 15) is 9.59 Å². The Balaban J connectivity index is 1.67. The van der Waals surface area contributed by atoms with Gasteiger partial charge in [-0.1, -0.05) is 45.4 Å². The second-order valence-corrected chi connectivity index (χ2v) is 10.1. The Labute approximate surface area is 219 Å². The fourth-order valence-corrected chi connectivity index (χ4v) is 3.95. The molecule has 0 N–H and O–H groups in total. The average molecular weight is 503 g/mol. The van der Waals surface area contributed by atoms with Crippen LogP contribution in [0.4, 0.5) is 0 Å². The lowest BCUT2D eigenvalue weighted by Gasteiger charge is -2.26. The largest absolute Gasteiger partial charge is 0.493 e. The highest BCUT2D eigenvalue weighted by atomic mass is 16.5. The molecule has 2 unspecified atom stereocenters. The molecule has 194 valence electrons. The molecule has 3 rings (SSSR count). The monoisotopic (exact) mass is 502 g/mol. The van der Waals surface area contributed by atoms with Crippen LogP contribution >= 0.6 is 0 Å². The fourth-order valence-electron chi connectivity index (χ4n) is 3.95. The number of hydrogen-bond acceptors (Lipinski definition) is 6. The van der Waals surface area contributed by atoms with Gasteiger partial charge in [-0.3, -0.25) is 9.59 Å². The van der Waals surface area contributed by atoms with Crippen molar-refractivity contribution in [1.29, 1.82) is 0 Å². The maximum Gasteiger partial charge on any atom is 0.170 e. The predicted octanol–water partition coefficient (Wildman–Crippen LogP) is 5.92. The van der Waals surface area contributed by atoms with Crippen LogP contribution in [0, 0.1) is 23.7 Å². The zero-order chi connectivity index (χ0) is 27.2. The van der Waals surface area contributed by atoms with Crippen molar-refractivity contribution >= 4 is 17.1 Å². The van der Waals surface area contributed by atoms with E-state index in [-0.39, 0.29) is 35.1 Å².